The van der Waals surface area contributed by atoms with Crippen LogP contribution in [0.15, 0.2) is 46.9 Å². The van der Waals surface area contributed by atoms with E-state index in [4.69, 9.17) is 0 Å². The Hall–Kier alpha value is -0.600. The van der Waals surface area contributed by atoms with Crippen LogP contribution in [0.5, 0.6) is 0 Å². The number of alkyl halides is 3. The second kappa shape index (κ2) is 6.66. The van der Waals surface area contributed by atoms with Crippen LogP contribution >= 0.6 is 38.5 Å². The van der Waals surface area contributed by atoms with Crippen molar-refractivity contribution < 1.29 is 13.2 Å². The van der Waals surface area contributed by atoms with Gasteiger partial charge in [0.2, 0.25) is 0 Å². The molecule has 21 heavy (non-hydrogen) atoms. The Morgan fingerprint density at radius 1 is 1.14 bits per heavy atom. The summed E-state index contributed by atoms with van der Waals surface area (Å²) in [6, 6.07) is 10.9. The van der Waals surface area contributed by atoms with Gasteiger partial charge in [-0.3, -0.25) is 0 Å². The van der Waals surface area contributed by atoms with Crippen LogP contribution in [0.2, 0.25) is 0 Å². The van der Waals surface area contributed by atoms with Gasteiger partial charge in [-0.25, -0.2) is 0 Å². The molecule has 0 amide bonds. The number of hydrogen-bond acceptors (Lipinski definition) is 1. The maximum atomic E-state index is 12.9. The van der Waals surface area contributed by atoms with Gasteiger partial charge in [0.05, 0.1) is 11.6 Å². The fourth-order valence-corrected chi connectivity index (χ4v) is 3.12. The van der Waals surface area contributed by atoms with Crippen molar-refractivity contribution in [3.05, 3.63) is 67.2 Å². The van der Waals surface area contributed by atoms with E-state index in [1.54, 1.807) is 13.1 Å². The van der Waals surface area contributed by atoms with Crippen LogP contribution in [0.4, 0.5) is 13.2 Å². The normalized spacial score (nSPS) is 13.2. The molecule has 1 N–H and O–H groups in total. The Morgan fingerprint density at radius 3 is 2.48 bits per heavy atom. The molecule has 0 saturated carbocycles. The largest absolute Gasteiger partial charge is 0.416 e. The summed E-state index contributed by atoms with van der Waals surface area (Å²) in [6.45, 7) is 0. The molecule has 1 unspecified atom stereocenters. The molecule has 0 aliphatic heterocycles. The molecule has 2 aromatic rings. The van der Waals surface area contributed by atoms with E-state index < -0.39 is 11.7 Å². The van der Waals surface area contributed by atoms with E-state index >= 15 is 0 Å². The summed E-state index contributed by atoms with van der Waals surface area (Å²) in [4.78, 5) is 0. The van der Waals surface area contributed by atoms with Crippen LogP contribution in [0.25, 0.3) is 0 Å². The Kier molecular flexibility index (Phi) is 5.32. The number of halogens is 5. The average molecular weight is 470 g/mol. The zero-order chi connectivity index (χ0) is 15.6. The van der Waals surface area contributed by atoms with Gasteiger partial charge in [-0.1, -0.05) is 28.1 Å². The monoisotopic (exact) mass is 469 g/mol. The zero-order valence-electron chi connectivity index (χ0n) is 11.0. The van der Waals surface area contributed by atoms with E-state index in [1.165, 1.54) is 12.1 Å². The second-order valence-corrected chi connectivity index (χ2v) is 6.61. The molecule has 0 radical (unpaired) electrons. The van der Waals surface area contributed by atoms with Gasteiger partial charge >= 0.3 is 6.18 Å². The Morgan fingerprint density at radius 2 is 1.86 bits per heavy atom. The van der Waals surface area contributed by atoms with Crippen LogP contribution in [-0.2, 0) is 6.18 Å². The molecule has 0 aliphatic rings. The Labute approximate surface area is 143 Å². The maximum Gasteiger partial charge on any atom is 0.416 e. The molecule has 1 nitrogen and oxygen atoms in total. The van der Waals surface area contributed by atoms with Crippen molar-refractivity contribution in [3.63, 3.8) is 0 Å². The number of benzene rings is 2. The summed E-state index contributed by atoms with van der Waals surface area (Å²) in [5.41, 5.74) is 0.848. The maximum absolute atomic E-state index is 12.9. The third-order valence-electron chi connectivity index (χ3n) is 3.11. The highest BCUT2D eigenvalue weighted by atomic mass is 127. The number of hydrogen-bond donors (Lipinski definition) is 1. The van der Waals surface area contributed by atoms with Crippen molar-refractivity contribution in [2.75, 3.05) is 7.05 Å². The van der Waals surface area contributed by atoms with Crippen LogP contribution in [0.3, 0.4) is 0 Å². The van der Waals surface area contributed by atoms with Crippen LogP contribution in [-0.4, -0.2) is 7.05 Å². The first-order chi connectivity index (χ1) is 9.82. The molecule has 0 saturated heterocycles. The first-order valence-corrected chi connectivity index (χ1v) is 7.99. The van der Waals surface area contributed by atoms with E-state index in [2.05, 4.69) is 43.8 Å². The second-order valence-electron chi connectivity index (χ2n) is 4.51. The van der Waals surface area contributed by atoms with E-state index in [1.807, 2.05) is 18.2 Å². The van der Waals surface area contributed by atoms with Crippen LogP contribution < -0.4 is 5.32 Å². The lowest BCUT2D eigenvalue weighted by Crippen LogP contribution is -2.19. The summed E-state index contributed by atoms with van der Waals surface area (Å²) in [7, 11) is 1.73. The molecule has 0 fully saturated rings. The smallest absolute Gasteiger partial charge is 0.309 e. The van der Waals surface area contributed by atoms with Gasteiger partial charge in [0.15, 0.2) is 0 Å². The molecule has 0 spiro atoms. The fraction of sp³-hybridized carbons (Fsp3) is 0.200. The molecule has 1 atom stereocenters. The van der Waals surface area contributed by atoms with Crippen molar-refractivity contribution >= 4 is 38.5 Å². The molecule has 6 heteroatoms. The highest BCUT2D eigenvalue weighted by molar-refractivity contribution is 14.1. The topological polar surface area (TPSA) is 12.0 Å². The molecular weight excluding hydrogens is 458 g/mol. The van der Waals surface area contributed by atoms with Gasteiger partial charge in [-0.2, -0.15) is 13.2 Å². The zero-order valence-corrected chi connectivity index (χ0v) is 14.8. The predicted molar refractivity (Wildman–Crippen MR) is 89.2 cm³/mol. The lowest BCUT2D eigenvalue weighted by atomic mass is 9.97. The van der Waals surface area contributed by atoms with Crippen molar-refractivity contribution in [2.45, 2.75) is 12.2 Å². The Bertz CT molecular complexity index is 643. The average Bonchev–Trinajstić information content (AvgIpc) is 2.43. The van der Waals surface area contributed by atoms with Crippen molar-refractivity contribution in [1.29, 1.82) is 0 Å². The first-order valence-electron chi connectivity index (χ1n) is 6.12. The number of nitrogens with one attached hydrogen (secondary N) is 1. The quantitative estimate of drug-likeness (QED) is 0.595. The third-order valence-corrected chi connectivity index (χ3v) is 4.50. The van der Waals surface area contributed by atoms with E-state index in [9.17, 15) is 13.2 Å². The molecule has 0 aromatic heterocycles. The first kappa shape index (κ1) is 16.8. The Balaban J connectivity index is 2.49. The van der Waals surface area contributed by atoms with Crippen molar-refractivity contribution in [3.8, 4) is 0 Å². The fourth-order valence-electron chi connectivity index (χ4n) is 2.13. The van der Waals surface area contributed by atoms with Gasteiger partial charge in [0.25, 0.3) is 0 Å². The minimum absolute atomic E-state index is 0.309. The van der Waals surface area contributed by atoms with Crippen LogP contribution in [0.1, 0.15) is 22.7 Å². The summed E-state index contributed by atoms with van der Waals surface area (Å²) in [5.74, 6) is 0. The van der Waals surface area contributed by atoms with Gasteiger partial charge in [0.1, 0.15) is 0 Å². The lowest BCUT2D eigenvalue weighted by Gasteiger charge is -2.20. The molecule has 0 bridgehead atoms. The standard InChI is InChI=1S/C15H12BrF3IN/c1-21-14(12-8-11(20)5-6-13(12)16)9-3-2-4-10(7-9)15(17,18)19/h2-8,14,21H,1H3. The van der Waals surface area contributed by atoms with E-state index in [-0.39, 0.29) is 6.04 Å². The van der Waals surface area contributed by atoms with E-state index in [0.29, 0.717) is 5.56 Å². The highest BCUT2D eigenvalue weighted by Gasteiger charge is 2.31. The van der Waals surface area contributed by atoms with Crippen molar-refractivity contribution in [2.24, 2.45) is 0 Å². The highest BCUT2D eigenvalue weighted by Crippen LogP contribution is 2.34. The SMILES string of the molecule is CNC(c1cccc(C(F)(F)F)c1)c1cc(I)ccc1Br. The predicted octanol–water partition coefficient (Wildman–Crippen LogP) is 5.38. The molecule has 2 rings (SSSR count). The van der Waals surface area contributed by atoms with Crippen molar-refractivity contribution in [1.82, 2.24) is 5.32 Å². The molecule has 2 aromatic carbocycles. The molecular formula is C15H12BrF3IN. The summed E-state index contributed by atoms with van der Waals surface area (Å²) >= 11 is 5.64. The van der Waals surface area contributed by atoms with Gasteiger partial charge in [-0.05, 0) is 71.1 Å². The molecule has 0 heterocycles. The lowest BCUT2D eigenvalue weighted by molar-refractivity contribution is -0.137. The molecule has 112 valence electrons. The van der Waals surface area contributed by atoms with Gasteiger partial charge < -0.3 is 5.32 Å². The van der Waals surface area contributed by atoms with Crippen LogP contribution in [0, 0.1) is 3.57 Å². The summed E-state index contributed by atoms with van der Waals surface area (Å²) in [5, 5.41) is 3.08. The third kappa shape index (κ3) is 3.98. The minimum atomic E-state index is -4.34. The van der Waals surface area contributed by atoms with E-state index in [0.717, 1.165) is 19.7 Å². The summed E-state index contributed by atoms with van der Waals surface area (Å²) < 4.78 is 40.4. The molecule has 0 aliphatic carbocycles. The van der Waals surface area contributed by atoms with Gasteiger partial charge in [0, 0.05) is 8.04 Å². The number of rotatable bonds is 3. The summed E-state index contributed by atoms with van der Waals surface area (Å²) in [6.07, 6.45) is -4.34. The van der Waals surface area contributed by atoms with Gasteiger partial charge in [-0.15, -0.1) is 0 Å². The minimum Gasteiger partial charge on any atom is -0.309 e.